The predicted molar refractivity (Wildman–Crippen MR) is 86.4 cm³/mol. The Balaban J connectivity index is 1.95. The molecule has 0 unspecified atom stereocenters. The SMILES string of the molecule is CO[Si](CCOc1ccc2c(c1)CO[Si](C)(C)O2)(OC)OC. The van der Waals surface area contributed by atoms with Gasteiger partial charge in [0.05, 0.1) is 19.3 Å². The summed E-state index contributed by atoms with van der Waals surface area (Å²) in [6.45, 7) is 5.09. The standard InChI is InChI=1S/C14H24O6Si2/c1-15-22(16-2,17-3)9-8-18-13-6-7-14-12(10-13)11-19-21(4,5)20-14/h6-7,10H,8-9,11H2,1-5H3. The van der Waals surface area contributed by atoms with Crippen LogP contribution in [0.25, 0.3) is 0 Å². The second-order valence-corrected chi connectivity index (χ2v) is 11.8. The van der Waals surface area contributed by atoms with E-state index in [-0.39, 0.29) is 0 Å². The fraction of sp³-hybridized carbons (Fsp3) is 0.571. The third-order valence-corrected chi connectivity index (χ3v) is 7.81. The highest BCUT2D eigenvalue weighted by atomic mass is 28.4. The van der Waals surface area contributed by atoms with Crippen molar-refractivity contribution < 1.29 is 26.9 Å². The van der Waals surface area contributed by atoms with Gasteiger partial charge in [-0.05, 0) is 31.3 Å². The summed E-state index contributed by atoms with van der Waals surface area (Å²) in [4.78, 5) is 0. The van der Waals surface area contributed by atoms with Gasteiger partial charge in [-0.1, -0.05) is 0 Å². The van der Waals surface area contributed by atoms with Crippen LogP contribution in [0, 0.1) is 0 Å². The number of ether oxygens (including phenoxy) is 1. The van der Waals surface area contributed by atoms with Gasteiger partial charge in [0.2, 0.25) is 0 Å². The minimum Gasteiger partial charge on any atom is -0.520 e. The van der Waals surface area contributed by atoms with E-state index >= 15 is 0 Å². The zero-order valence-electron chi connectivity index (χ0n) is 13.8. The van der Waals surface area contributed by atoms with Crippen LogP contribution in [-0.4, -0.2) is 45.3 Å². The first-order valence-electron chi connectivity index (χ1n) is 7.18. The summed E-state index contributed by atoms with van der Waals surface area (Å²) in [5.74, 6) is 1.67. The van der Waals surface area contributed by atoms with E-state index in [0.717, 1.165) is 17.1 Å². The van der Waals surface area contributed by atoms with E-state index in [4.69, 9.17) is 26.9 Å². The van der Waals surface area contributed by atoms with Crippen molar-refractivity contribution in [3.8, 4) is 11.5 Å². The molecule has 0 spiro atoms. The molecule has 0 fully saturated rings. The summed E-state index contributed by atoms with van der Waals surface area (Å²) in [5.41, 5.74) is 1.01. The molecule has 1 aromatic rings. The van der Waals surface area contributed by atoms with Gasteiger partial charge >= 0.3 is 17.4 Å². The Morgan fingerprint density at radius 2 is 1.82 bits per heavy atom. The van der Waals surface area contributed by atoms with Crippen molar-refractivity contribution in [2.45, 2.75) is 25.7 Å². The molecule has 0 radical (unpaired) electrons. The van der Waals surface area contributed by atoms with Gasteiger partial charge in [-0.25, -0.2) is 0 Å². The maximum atomic E-state index is 5.89. The molecule has 1 aromatic carbocycles. The van der Waals surface area contributed by atoms with Crippen molar-refractivity contribution in [2.75, 3.05) is 27.9 Å². The first kappa shape index (κ1) is 17.4. The Morgan fingerprint density at radius 3 is 2.45 bits per heavy atom. The van der Waals surface area contributed by atoms with Gasteiger partial charge < -0.3 is 26.9 Å². The number of hydrogen-bond donors (Lipinski definition) is 0. The van der Waals surface area contributed by atoms with Gasteiger partial charge in [-0.3, -0.25) is 0 Å². The van der Waals surface area contributed by atoms with Gasteiger partial charge in [0.1, 0.15) is 11.5 Å². The summed E-state index contributed by atoms with van der Waals surface area (Å²) in [6.07, 6.45) is 0. The van der Waals surface area contributed by atoms with Crippen molar-refractivity contribution in [3.05, 3.63) is 23.8 Å². The number of fused-ring (bicyclic) bond motifs is 1. The van der Waals surface area contributed by atoms with Gasteiger partial charge in [0.25, 0.3) is 0 Å². The quantitative estimate of drug-likeness (QED) is 0.709. The van der Waals surface area contributed by atoms with Crippen LogP contribution in [0.3, 0.4) is 0 Å². The van der Waals surface area contributed by atoms with Gasteiger partial charge in [0, 0.05) is 26.9 Å². The van der Waals surface area contributed by atoms with E-state index < -0.39 is 17.4 Å². The summed E-state index contributed by atoms with van der Waals surface area (Å²) in [5, 5.41) is 0. The van der Waals surface area contributed by atoms with E-state index in [9.17, 15) is 0 Å². The van der Waals surface area contributed by atoms with Crippen LogP contribution in [0.1, 0.15) is 5.56 Å². The zero-order valence-corrected chi connectivity index (χ0v) is 15.8. The van der Waals surface area contributed by atoms with E-state index in [1.165, 1.54) is 0 Å². The van der Waals surface area contributed by atoms with Crippen molar-refractivity contribution in [1.82, 2.24) is 0 Å². The molecule has 6 nitrogen and oxygen atoms in total. The average Bonchev–Trinajstić information content (AvgIpc) is 2.51. The number of hydrogen-bond acceptors (Lipinski definition) is 6. The van der Waals surface area contributed by atoms with E-state index in [2.05, 4.69) is 0 Å². The van der Waals surface area contributed by atoms with Crippen LogP contribution in [0.2, 0.25) is 19.1 Å². The third-order valence-electron chi connectivity index (χ3n) is 3.57. The first-order valence-corrected chi connectivity index (χ1v) is 11.9. The molecule has 0 atom stereocenters. The molecule has 124 valence electrons. The molecular formula is C14H24O6Si2. The van der Waals surface area contributed by atoms with E-state index in [1.54, 1.807) is 21.3 Å². The fourth-order valence-electron chi connectivity index (χ4n) is 2.25. The average molecular weight is 345 g/mol. The molecular weight excluding hydrogens is 320 g/mol. The minimum absolute atomic E-state index is 0.461. The van der Waals surface area contributed by atoms with Crippen LogP contribution in [0.4, 0.5) is 0 Å². The smallest absolute Gasteiger partial charge is 0.503 e. The van der Waals surface area contributed by atoms with Crippen LogP contribution in [0.15, 0.2) is 18.2 Å². The fourth-order valence-corrected chi connectivity index (χ4v) is 5.01. The zero-order chi connectivity index (χ0) is 16.2. The first-order chi connectivity index (χ1) is 10.4. The molecule has 22 heavy (non-hydrogen) atoms. The van der Waals surface area contributed by atoms with Gasteiger partial charge in [0.15, 0.2) is 0 Å². The summed E-state index contributed by atoms with van der Waals surface area (Å²) in [6, 6.07) is 6.38. The minimum atomic E-state index is -2.59. The molecule has 0 saturated carbocycles. The van der Waals surface area contributed by atoms with Crippen molar-refractivity contribution in [3.63, 3.8) is 0 Å². The predicted octanol–water partition coefficient (Wildman–Crippen LogP) is 2.55. The summed E-state index contributed by atoms with van der Waals surface area (Å²) >= 11 is 0. The molecule has 0 amide bonds. The Bertz CT molecular complexity index is 496. The van der Waals surface area contributed by atoms with Crippen molar-refractivity contribution >= 4 is 17.4 Å². The maximum Gasteiger partial charge on any atom is 0.503 e. The molecule has 0 aromatic heterocycles. The second kappa shape index (κ2) is 7.11. The van der Waals surface area contributed by atoms with Gasteiger partial charge in [-0.2, -0.15) is 0 Å². The van der Waals surface area contributed by atoms with Crippen molar-refractivity contribution in [2.24, 2.45) is 0 Å². The molecule has 2 rings (SSSR count). The topological polar surface area (TPSA) is 55.4 Å². The second-order valence-electron chi connectivity index (χ2n) is 5.45. The highest BCUT2D eigenvalue weighted by Crippen LogP contribution is 2.32. The molecule has 0 N–H and O–H groups in total. The van der Waals surface area contributed by atoms with E-state index in [1.807, 2.05) is 31.3 Å². The summed E-state index contributed by atoms with van der Waals surface area (Å²) < 4.78 is 33.5. The lowest BCUT2D eigenvalue weighted by Gasteiger charge is -2.30. The van der Waals surface area contributed by atoms with Crippen molar-refractivity contribution in [1.29, 1.82) is 0 Å². The Morgan fingerprint density at radius 1 is 1.14 bits per heavy atom. The monoisotopic (exact) mass is 344 g/mol. The largest absolute Gasteiger partial charge is 0.520 e. The Hall–Kier alpha value is -0.906. The Kier molecular flexibility index (Phi) is 5.64. The van der Waals surface area contributed by atoms with Crippen LogP contribution in [0.5, 0.6) is 11.5 Å². The molecule has 1 aliphatic rings. The van der Waals surface area contributed by atoms with Gasteiger partial charge in [-0.15, -0.1) is 0 Å². The van der Waals surface area contributed by atoms with E-state index in [0.29, 0.717) is 19.3 Å². The van der Waals surface area contributed by atoms with Crippen LogP contribution in [-0.2, 0) is 24.3 Å². The molecule has 0 bridgehead atoms. The maximum absolute atomic E-state index is 5.89. The number of rotatable bonds is 7. The molecule has 1 heterocycles. The van der Waals surface area contributed by atoms with Crippen LogP contribution < -0.4 is 9.16 Å². The third kappa shape index (κ3) is 4.09. The Labute approximate surface area is 133 Å². The lowest BCUT2D eigenvalue weighted by Crippen LogP contribution is -2.44. The normalized spacial score (nSPS) is 16.8. The summed E-state index contributed by atoms with van der Waals surface area (Å²) in [7, 11) is 0.190. The van der Waals surface area contributed by atoms with Crippen LogP contribution >= 0.6 is 0 Å². The number of benzene rings is 1. The molecule has 0 aliphatic carbocycles. The highest BCUT2D eigenvalue weighted by Gasteiger charge is 2.37. The molecule has 1 aliphatic heterocycles. The molecule has 0 saturated heterocycles. The lowest BCUT2D eigenvalue weighted by atomic mass is 10.2. The highest BCUT2D eigenvalue weighted by molar-refractivity contribution is 6.65. The lowest BCUT2D eigenvalue weighted by molar-refractivity contribution is 0.117. The molecule has 8 heteroatoms.